The van der Waals surface area contributed by atoms with Crippen molar-refractivity contribution in [2.24, 2.45) is 5.41 Å². The van der Waals surface area contributed by atoms with Crippen LogP contribution in [0.1, 0.15) is 39.0 Å². The number of pyridine rings is 1. The molecular weight excluding hydrogens is 268 g/mol. The molecule has 1 aliphatic rings. The number of H-pyrrole nitrogens is 1. The maximum absolute atomic E-state index is 5.42. The van der Waals surface area contributed by atoms with Gasteiger partial charge in [0.1, 0.15) is 0 Å². The summed E-state index contributed by atoms with van der Waals surface area (Å²) in [5, 5.41) is 7.34. The molecule has 1 saturated carbocycles. The lowest BCUT2D eigenvalue weighted by atomic mass is 9.75. The van der Waals surface area contributed by atoms with E-state index in [1.54, 1.807) is 12.4 Å². The highest BCUT2D eigenvalue weighted by Gasteiger charge is 2.28. The average molecular weight is 288 g/mol. The molecule has 1 fully saturated rings. The molecule has 106 valence electrons. The fourth-order valence-electron chi connectivity index (χ4n) is 3.13. The summed E-state index contributed by atoms with van der Waals surface area (Å²) in [5.74, 6) is 0.921. The van der Waals surface area contributed by atoms with Crippen LogP contribution in [0.15, 0.2) is 24.5 Å². The predicted octanol–water partition coefficient (Wildman–Crippen LogP) is 3.97. The van der Waals surface area contributed by atoms with Crippen LogP contribution in [0.4, 0.5) is 0 Å². The Morgan fingerprint density at radius 1 is 1.25 bits per heavy atom. The van der Waals surface area contributed by atoms with Crippen molar-refractivity contribution in [2.75, 3.05) is 0 Å². The van der Waals surface area contributed by atoms with Gasteiger partial charge in [0.05, 0.1) is 0 Å². The highest BCUT2D eigenvalue weighted by molar-refractivity contribution is 7.71. The molecule has 2 heterocycles. The molecule has 3 rings (SSSR count). The second-order valence-corrected chi connectivity index (χ2v) is 6.43. The Labute approximate surface area is 124 Å². The number of nitrogens with one attached hydrogen (secondary N) is 1. The fourth-order valence-corrected chi connectivity index (χ4v) is 3.33. The highest BCUT2D eigenvalue weighted by Crippen LogP contribution is 2.38. The minimum atomic E-state index is 0.335. The maximum Gasteiger partial charge on any atom is 0.195 e. The molecule has 20 heavy (non-hydrogen) atoms. The Morgan fingerprint density at radius 2 is 1.95 bits per heavy atom. The Hall–Kier alpha value is -1.49. The van der Waals surface area contributed by atoms with E-state index in [-0.39, 0.29) is 0 Å². The van der Waals surface area contributed by atoms with Crippen LogP contribution in [0.2, 0.25) is 0 Å². The lowest BCUT2D eigenvalue weighted by Gasteiger charge is -2.34. The first-order valence-corrected chi connectivity index (χ1v) is 7.64. The average Bonchev–Trinajstić information content (AvgIpc) is 2.81. The number of aromatic amines is 1. The molecule has 1 N–H and O–H groups in total. The van der Waals surface area contributed by atoms with E-state index in [1.165, 1.54) is 32.1 Å². The third kappa shape index (κ3) is 2.68. The van der Waals surface area contributed by atoms with E-state index >= 15 is 0 Å². The van der Waals surface area contributed by atoms with Crippen LogP contribution < -0.4 is 0 Å². The number of nitrogens with zero attached hydrogens (tertiary/aromatic N) is 3. The first-order chi connectivity index (χ1) is 9.68. The van der Waals surface area contributed by atoms with Gasteiger partial charge in [-0.3, -0.25) is 14.6 Å². The van der Waals surface area contributed by atoms with Gasteiger partial charge in [-0.05, 0) is 42.6 Å². The number of aromatic nitrogens is 4. The van der Waals surface area contributed by atoms with E-state index in [0.717, 1.165) is 17.9 Å². The molecule has 1 aliphatic carbocycles. The van der Waals surface area contributed by atoms with Gasteiger partial charge in [0.15, 0.2) is 10.6 Å². The third-order valence-corrected chi connectivity index (χ3v) is 4.61. The lowest BCUT2D eigenvalue weighted by Crippen LogP contribution is -2.26. The van der Waals surface area contributed by atoms with E-state index in [0.29, 0.717) is 10.2 Å². The van der Waals surface area contributed by atoms with E-state index < -0.39 is 0 Å². The molecule has 0 unspecified atom stereocenters. The topological polar surface area (TPSA) is 46.5 Å². The Kier molecular flexibility index (Phi) is 3.70. The molecule has 0 radical (unpaired) electrons. The number of hydrogen-bond acceptors (Lipinski definition) is 3. The molecule has 0 aliphatic heterocycles. The van der Waals surface area contributed by atoms with Gasteiger partial charge < -0.3 is 0 Å². The second-order valence-electron chi connectivity index (χ2n) is 6.05. The van der Waals surface area contributed by atoms with E-state index in [2.05, 4.69) is 26.7 Å². The van der Waals surface area contributed by atoms with Crippen LogP contribution in [0.25, 0.3) is 11.4 Å². The highest BCUT2D eigenvalue weighted by atomic mass is 32.1. The zero-order valence-corrected chi connectivity index (χ0v) is 12.6. The van der Waals surface area contributed by atoms with Gasteiger partial charge >= 0.3 is 0 Å². The van der Waals surface area contributed by atoms with Crippen molar-refractivity contribution >= 4 is 12.2 Å². The quantitative estimate of drug-likeness (QED) is 0.869. The first-order valence-electron chi connectivity index (χ1n) is 7.24. The Balaban J connectivity index is 1.94. The summed E-state index contributed by atoms with van der Waals surface area (Å²) in [4.78, 5) is 4.06. The van der Waals surface area contributed by atoms with E-state index in [4.69, 9.17) is 12.2 Å². The van der Waals surface area contributed by atoms with Crippen LogP contribution in [0, 0.1) is 10.2 Å². The van der Waals surface area contributed by atoms with Crippen molar-refractivity contribution in [3.8, 4) is 11.4 Å². The number of rotatable bonds is 3. The maximum atomic E-state index is 5.42. The number of hydrogen-bond donors (Lipinski definition) is 1. The summed E-state index contributed by atoms with van der Waals surface area (Å²) >= 11 is 5.42. The van der Waals surface area contributed by atoms with Crippen molar-refractivity contribution in [1.82, 2.24) is 19.7 Å². The SMILES string of the molecule is CC1(Cn2c(-c3ccncc3)n[nH]c2=S)CCCCC1. The van der Waals surface area contributed by atoms with Gasteiger partial charge in [-0.15, -0.1) is 0 Å². The molecule has 2 aromatic heterocycles. The molecule has 5 heteroatoms. The second kappa shape index (κ2) is 5.48. The van der Waals surface area contributed by atoms with Gasteiger partial charge in [0.2, 0.25) is 0 Å². The third-order valence-electron chi connectivity index (χ3n) is 4.30. The summed E-state index contributed by atoms with van der Waals surface area (Å²) in [5.41, 5.74) is 1.40. The summed E-state index contributed by atoms with van der Waals surface area (Å²) < 4.78 is 2.86. The zero-order chi connectivity index (χ0) is 14.0. The van der Waals surface area contributed by atoms with Crippen LogP contribution in [-0.2, 0) is 6.54 Å². The monoisotopic (exact) mass is 288 g/mol. The van der Waals surface area contributed by atoms with Gasteiger partial charge in [-0.1, -0.05) is 26.2 Å². The van der Waals surface area contributed by atoms with Crippen molar-refractivity contribution in [2.45, 2.75) is 45.6 Å². The summed E-state index contributed by atoms with van der Waals surface area (Å²) in [6, 6.07) is 3.95. The minimum Gasteiger partial charge on any atom is -0.300 e. The molecule has 4 nitrogen and oxygen atoms in total. The molecule has 0 spiro atoms. The van der Waals surface area contributed by atoms with E-state index in [1.807, 2.05) is 12.1 Å². The van der Waals surface area contributed by atoms with Gasteiger partial charge in [0, 0.05) is 24.5 Å². The van der Waals surface area contributed by atoms with Crippen molar-refractivity contribution < 1.29 is 0 Å². The van der Waals surface area contributed by atoms with Crippen LogP contribution in [0.3, 0.4) is 0 Å². The minimum absolute atomic E-state index is 0.335. The fraction of sp³-hybridized carbons (Fsp3) is 0.533. The van der Waals surface area contributed by atoms with Crippen LogP contribution in [0.5, 0.6) is 0 Å². The molecule has 0 amide bonds. The molecule has 0 aromatic carbocycles. The Bertz CT molecular complexity index is 623. The van der Waals surface area contributed by atoms with Gasteiger partial charge in [-0.2, -0.15) is 5.10 Å². The largest absolute Gasteiger partial charge is 0.300 e. The predicted molar refractivity (Wildman–Crippen MR) is 81.8 cm³/mol. The van der Waals surface area contributed by atoms with Crippen LogP contribution in [-0.4, -0.2) is 19.7 Å². The molecule has 0 atom stereocenters. The summed E-state index contributed by atoms with van der Waals surface area (Å²) in [6.45, 7) is 3.32. The standard InChI is InChI=1S/C15H20N4S/c1-15(7-3-2-4-8-15)11-19-13(17-18-14(19)20)12-5-9-16-10-6-12/h5-6,9-10H,2-4,7-8,11H2,1H3,(H,18,20). The Morgan fingerprint density at radius 3 is 2.65 bits per heavy atom. The van der Waals surface area contributed by atoms with Crippen LogP contribution >= 0.6 is 12.2 Å². The summed E-state index contributed by atoms with van der Waals surface area (Å²) in [7, 11) is 0. The smallest absolute Gasteiger partial charge is 0.195 e. The molecule has 0 saturated heterocycles. The molecule has 0 bridgehead atoms. The van der Waals surface area contributed by atoms with Gasteiger partial charge in [-0.25, -0.2) is 0 Å². The van der Waals surface area contributed by atoms with Gasteiger partial charge in [0.25, 0.3) is 0 Å². The first kappa shape index (κ1) is 13.5. The van der Waals surface area contributed by atoms with Crippen molar-refractivity contribution in [3.63, 3.8) is 0 Å². The molecule has 2 aromatic rings. The van der Waals surface area contributed by atoms with E-state index in [9.17, 15) is 0 Å². The zero-order valence-electron chi connectivity index (χ0n) is 11.8. The summed E-state index contributed by atoms with van der Waals surface area (Å²) in [6.07, 6.45) is 10.1. The van der Waals surface area contributed by atoms with Crippen molar-refractivity contribution in [3.05, 3.63) is 29.3 Å². The van der Waals surface area contributed by atoms with Crippen molar-refractivity contribution in [1.29, 1.82) is 0 Å². The molecular formula is C15H20N4S. The lowest BCUT2D eigenvalue weighted by molar-refractivity contribution is 0.183. The normalized spacial score (nSPS) is 18.1.